The molecule has 0 bridgehead atoms. The molecule has 1 aromatic carbocycles. The van der Waals surface area contributed by atoms with E-state index in [1.807, 2.05) is 24.3 Å². The number of fused-ring (bicyclic) bond motifs is 1. The van der Waals surface area contributed by atoms with E-state index < -0.39 is 29.7 Å². The van der Waals surface area contributed by atoms with Crippen LogP contribution in [0.15, 0.2) is 28.6 Å². The van der Waals surface area contributed by atoms with Crippen molar-refractivity contribution in [3.8, 4) is 0 Å². The molecule has 0 aliphatic heterocycles. The van der Waals surface area contributed by atoms with Crippen molar-refractivity contribution in [1.82, 2.24) is 10.3 Å². The number of nitrogens with zero attached hydrogens (tertiary/aromatic N) is 1. The summed E-state index contributed by atoms with van der Waals surface area (Å²) in [6.45, 7) is 2.04. The van der Waals surface area contributed by atoms with Gasteiger partial charge in [0.15, 0.2) is 4.34 Å². The van der Waals surface area contributed by atoms with E-state index >= 15 is 0 Å². The SMILES string of the molecule is CCCNC(=O)C(CSc1nc2ccccc2s1)(CC(=O)[O-])C(=O)[O-].[K+].[K+]. The van der Waals surface area contributed by atoms with Crippen LogP contribution in [0, 0.1) is 5.41 Å². The summed E-state index contributed by atoms with van der Waals surface area (Å²) in [7, 11) is 0. The number of carboxylic acid groups (broad SMARTS) is 2. The maximum absolute atomic E-state index is 12.3. The van der Waals surface area contributed by atoms with Gasteiger partial charge in [-0.05, 0) is 18.6 Å². The van der Waals surface area contributed by atoms with E-state index in [0.717, 1.165) is 22.0 Å². The van der Waals surface area contributed by atoms with E-state index in [2.05, 4.69) is 10.3 Å². The van der Waals surface area contributed by atoms with Gasteiger partial charge in [-0.25, -0.2) is 4.98 Å². The number of carboxylic acids is 2. The first kappa shape index (κ1) is 28.1. The van der Waals surface area contributed by atoms with Crippen molar-refractivity contribution in [3.05, 3.63) is 24.3 Å². The van der Waals surface area contributed by atoms with Gasteiger partial charge >= 0.3 is 103 Å². The molecule has 0 aliphatic carbocycles. The standard InChI is InChI=1S/C16H18N2O5S2.2K/c1-2-7-17-13(21)16(14(22)23,8-12(19)20)9-24-15-18-10-5-3-4-6-11(10)25-15;;/h3-6H,2,7-9H2,1H3,(H,17,21)(H,19,20)(H,22,23);;/q;2*+1/p-2. The Morgan fingerprint density at radius 3 is 2.44 bits per heavy atom. The van der Waals surface area contributed by atoms with Gasteiger partial charge in [0.1, 0.15) is 5.41 Å². The Morgan fingerprint density at radius 1 is 1.22 bits per heavy atom. The second kappa shape index (κ2) is 13.4. The molecule has 7 nitrogen and oxygen atoms in total. The predicted molar refractivity (Wildman–Crippen MR) is 90.7 cm³/mol. The van der Waals surface area contributed by atoms with E-state index in [4.69, 9.17) is 0 Å². The number of hydrogen-bond acceptors (Lipinski definition) is 8. The van der Waals surface area contributed by atoms with Crippen molar-refractivity contribution in [3.63, 3.8) is 0 Å². The van der Waals surface area contributed by atoms with Crippen LogP contribution < -0.4 is 118 Å². The van der Waals surface area contributed by atoms with Crippen LogP contribution in [0.3, 0.4) is 0 Å². The molecule has 1 N–H and O–H groups in total. The topological polar surface area (TPSA) is 122 Å². The number of benzene rings is 1. The largest absolute Gasteiger partial charge is 1.00 e. The minimum Gasteiger partial charge on any atom is -0.550 e. The third kappa shape index (κ3) is 7.72. The number of para-hydroxylation sites is 1. The Labute approximate surface area is 250 Å². The summed E-state index contributed by atoms with van der Waals surface area (Å²) >= 11 is 2.36. The van der Waals surface area contributed by atoms with Crippen LogP contribution in [-0.2, 0) is 14.4 Å². The molecule has 134 valence electrons. The van der Waals surface area contributed by atoms with E-state index in [1.165, 1.54) is 11.3 Å². The van der Waals surface area contributed by atoms with Crippen LogP contribution in [0.25, 0.3) is 10.2 Å². The van der Waals surface area contributed by atoms with E-state index in [0.29, 0.717) is 10.8 Å². The Hall–Kier alpha value is 1.14. The third-order valence-electron chi connectivity index (χ3n) is 3.52. The second-order valence-corrected chi connectivity index (χ2v) is 7.66. The maximum Gasteiger partial charge on any atom is 1.00 e. The van der Waals surface area contributed by atoms with E-state index in [-0.39, 0.29) is 115 Å². The van der Waals surface area contributed by atoms with Gasteiger partial charge in [0.2, 0.25) is 5.91 Å². The third-order valence-corrected chi connectivity index (χ3v) is 5.93. The Morgan fingerprint density at radius 2 is 1.89 bits per heavy atom. The van der Waals surface area contributed by atoms with Crippen molar-refractivity contribution in [1.29, 1.82) is 0 Å². The fourth-order valence-electron chi connectivity index (χ4n) is 2.17. The normalized spacial score (nSPS) is 12.3. The van der Waals surface area contributed by atoms with Gasteiger partial charge in [-0.3, -0.25) is 4.79 Å². The summed E-state index contributed by atoms with van der Waals surface area (Å²) in [5.74, 6) is -4.55. The molecule has 0 spiro atoms. The van der Waals surface area contributed by atoms with Gasteiger partial charge < -0.3 is 25.1 Å². The number of amides is 1. The molecule has 2 aromatic rings. The molecule has 1 aromatic heterocycles. The number of thioether (sulfide) groups is 1. The monoisotopic (exact) mass is 458 g/mol. The average molecular weight is 459 g/mol. The maximum atomic E-state index is 12.3. The molecule has 0 fully saturated rings. The number of carbonyl (C=O) groups is 3. The molecule has 0 saturated carbocycles. The molecule has 1 unspecified atom stereocenters. The van der Waals surface area contributed by atoms with Crippen molar-refractivity contribution in [2.24, 2.45) is 5.41 Å². The first-order valence-corrected chi connectivity index (χ1v) is 9.37. The number of aliphatic carboxylic acids is 2. The zero-order valence-electron chi connectivity index (χ0n) is 15.4. The number of carbonyl (C=O) groups excluding carboxylic acids is 3. The van der Waals surface area contributed by atoms with Crippen LogP contribution in [-0.4, -0.2) is 35.1 Å². The summed E-state index contributed by atoms with van der Waals surface area (Å²) in [6, 6.07) is 7.38. The summed E-state index contributed by atoms with van der Waals surface area (Å²) in [5.41, 5.74) is -1.46. The first-order valence-electron chi connectivity index (χ1n) is 7.57. The molecule has 1 heterocycles. The van der Waals surface area contributed by atoms with Crippen molar-refractivity contribution in [2.75, 3.05) is 12.3 Å². The Kier molecular flexibility index (Phi) is 14.0. The summed E-state index contributed by atoms with van der Waals surface area (Å²) in [5, 5.41) is 25.1. The molecular weight excluding hydrogens is 443 g/mol. The molecule has 1 amide bonds. The minimum absolute atomic E-state index is 0. The smallest absolute Gasteiger partial charge is 0.550 e. The quantitative estimate of drug-likeness (QED) is 0.225. The van der Waals surface area contributed by atoms with Gasteiger partial charge in [-0.15, -0.1) is 11.3 Å². The molecule has 27 heavy (non-hydrogen) atoms. The molecule has 0 saturated heterocycles. The van der Waals surface area contributed by atoms with E-state index in [9.17, 15) is 24.6 Å². The van der Waals surface area contributed by atoms with Crippen LogP contribution in [0.5, 0.6) is 0 Å². The van der Waals surface area contributed by atoms with Gasteiger partial charge in [0.05, 0.1) is 16.2 Å². The first-order chi connectivity index (χ1) is 11.9. The minimum atomic E-state index is -2.21. The summed E-state index contributed by atoms with van der Waals surface area (Å²) in [6.07, 6.45) is -0.367. The van der Waals surface area contributed by atoms with Crippen LogP contribution in [0.1, 0.15) is 19.8 Å². The fraction of sp³-hybridized carbons (Fsp3) is 0.375. The van der Waals surface area contributed by atoms with Gasteiger partial charge in [-0.1, -0.05) is 30.8 Å². The van der Waals surface area contributed by atoms with Gasteiger partial charge in [0.25, 0.3) is 0 Å². The van der Waals surface area contributed by atoms with Gasteiger partial charge in [0, 0.05) is 24.7 Å². The molecule has 11 heteroatoms. The zero-order valence-corrected chi connectivity index (χ0v) is 23.3. The summed E-state index contributed by atoms with van der Waals surface area (Å²) in [4.78, 5) is 39.4. The number of aromatic nitrogens is 1. The molecule has 0 aliphatic rings. The zero-order chi connectivity index (χ0) is 18.4. The van der Waals surface area contributed by atoms with Crippen LogP contribution in [0.4, 0.5) is 0 Å². The molecule has 2 rings (SSSR count). The second-order valence-electron chi connectivity index (χ2n) is 5.41. The van der Waals surface area contributed by atoms with Crippen LogP contribution >= 0.6 is 23.1 Å². The fourth-order valence-corrected chi connectivity index (χ4v) is 4.44. The Balaban J connectivity index is 0.00000338. The van der Waals surface area contributed by atoms with Crippen molar-refractivity contribution in [2.45, 2.75) is 24.1 Å². The molecule has 0 radical (unpaired) electrons. The van der Waals surface area contributed by atoms with Crippen LogP contribution in [0.2, 0.25) is 0 Å². The number of nitrogens with one attached hydrogen (secondary N) is 1. The molecular formula is C16H16K2N2O5S2. The predicted octanol–water partition coefficient (Wildman–Crippen LogP) is -6.20. The van der Waals surface area contributed by atoms with Gasteiger partial charge in [-0.2, -0.15) is 0 Å². The van der Waals surface area contributed by atoms with Crippen molar-refractivity contribution < 1.29 is 127 Å². The number of thiazole rings is 1. The number of rotatable bonds is 9. The summed E-state index contributed by atoms with van der Waals surface area (Å²) < 4.78 is 1.47. The van der Waals surface area contributed by atoms with E-state index in [1.54, 1.807) is 6.92 Å². The number of hydrogen-bond donors (Lipinski definition) is 1. The van der Waals surface area contributed by atoms with Crippen molar-refractivity contribution >= 4 is 51.2 Å². The Bertz CT molecular complexity index is 769. The average Bonchev–Trinajstić information content (AvgIpc) is 2.98. The molecule has 1 atom stereocenters.